The van der Waals surface area contributed by atoms with Crippen molar-refractivity contribution >= 4 is 17.6 Å². The highest BCUT2D eigenvalue weighted by atomic mass is 16.2. The summed E-state index contributed by atoms with van der Waals surface area (Å²) in [5.41, 5.74) is 2.04. The van der Waals surface area contributed by atoms with Gasteiger partial charge in [0.25, 0.3) is 0 Å². The Bertz CT molecular complexity index is 703. The van der Waals surface area contributed by atoms with Crippen LogP contribution in [0.15, 0.2) is 18.5 Å². The quantitative estimate of drug-likeness (QED) is 0.579. The summed E-state index contributed by atoms with van der Waals surface area (Å²) in [6, 6.07) is 1.76. The zero-order chi connectivity index (χ0) is 17.5. The van der Waals surface area contributed by atoms with Gasteiger partial charge in [-0.05, 0) is 31.2 Å². The highest BCUT2D eigenvalue weighted by Gasteiger charge is 2.15. The van der Waals surface area contributed by atoms with E-state index in [-0.39, 0.29) is 0 Å². The molecular weight excluding hydrogens is 308 g/mol. The van der Waals surface area contributed by atoms with Gasteiger partial charge in [-0.3, -0.25) is 19.0 Å². The lowest BCUT2D eigenvalue weighted by atomic mass is 10.1. The molecule has 24 heavy (non-hydrogen) atoms. The van der Waals surface area contributed by atoms with Crippen molar-refractivity contribution in [3.05, 3.63) is 29.7 Å². The zero-order valence-electron chi connectivity index (χ0n) is 14.4. The van der Waals surface area contributed by atoms with Crippen LogP contribution in [0.4, 0.5) is 5.82 Å². The van der Waals surface area contributed by atoms with Crippen molar-refractivity contribution in [3.8, 4) is 0 Å². The number of carbonyl (C=O) groups excluding carboxylic acids is 2. The first kappa shape index (κ1) is 17.7. The predicted octanol–water partition coefficient (Wildman–Crippen LogP) is 0.794. The maximum Gasteiger partial charge on any atom is 0.314 e. The van der Waals surface area contributed by atoms with Crippen LogP contribution in [0.5, 0.6) is 0 Å². The molecule has 0 fully saturated rings. The van der Waals surface area contributed by atoms with Crippen molar-refractivity contribution in [3.63, 3.8) is 0 Å². The van der Waals surface area contributed by atoms with E-state index >= 15 is 0 Å². The number of amides is 2. The Balaban J connectivity index is 1.67. The van der Waals surface area contributed by atoms with E-state index in [0.717, 1.165) is 31.4 Å². The third-order valence-corrected chi connectivity index (χ3v) is 3.68. The monoisotopic (exact) mass is 332 g/mol. The number of rotatable bonds is 7. The van der Waals surface area contributed by atoms with E-state index in [1.54, 1.807) is 22.5 Å². The van der Waals surface area contributed by atoms with Crippen LogP contribution in [0.1, 0.15) is 31.0 Å². The molecule has 0 aliphatic carbocycles. The molecule has 130 valence electrons. The molecule has 0 unspecified atom stereocenters. The van der Waals surface area contributed by atoms with Crippen LogP contribution in [0.25, 0.3) is 0 Å². The smallest absolute Gasteiger partial charge is 0.314 e. The fourth-order valence-electron chi connectivity index (χ4n) is 2.33. The maximum absolute atomic E-state index is 11.9. The van der Waals surface area contributed by atoms with Crippen LogP contribution in [0.3, 0.4) is 0 Å². The number of hydrogen-bond donors (Lipinski definition) is 2. The number of nitrogens with zero attached hydrogens (tertiary/aromatic N) is 4. The fourth-order valence-corrected chi connectivity index (χ4v) is 2.33. The van der Waals surface area contributed by atoms with Gasteiger partial charge in [0.15, 0.2) is 0 Å². The van der Waals surface area contributed by atoms with Gasteiger partial charge in [-0.15, -0.1) is 0 Å². The molecule has 0 aliphatic heterocycles. The lowest BCUT2D eigenvalue weighted by Crippen LogP contribution is -2.36. The number of nitrogens with one attached hydrogen (secondary N) is 2. The summed E-state index contributed by atoms with van der Waals surface area (Å²) in [6.07, 6.45) is 7.22. The third kappa shape index (κ3) is 4.94. The Morgan fingerprint density at radius 2 is 2.00 bits per heavy atom. The lowest BCUT2D eigenvalue weighted by molar-refractivity contribution is -0.136. The number of aryl methyl sites for hydroxylation is 4. The molecule has 0 radical (unpaired) electrons. The van der Waals surface area contributed by atoms with E-state index in [4.69, 9.17) is 0 Å². The van der Waals surface area contributed by atoms with Gasteiger partial charge in [0.2, 0.25) is 0 Å². The molecule has 8 heteroatoms. The minimum Gasteiger partial charge on any atom is -0.348 e. The zero-order valence-corrected chi connectivity index (χ0v) is 14.4. The number of carbonyl (C=O) groups is 2. The third-order valence-electron chi connectivity index (χ3n) is 3.68. The molecule has 2 aromatic heterocycles. The molecular formula is C16H24N6O2. The highest BCUT2D eigenvalue weighted by molar-refractivity contribution is 6.39. The van der Waals surface area contributed by atoms with Crippen molar-refractivity contribution in [2.45, 2.75) is 32.6 Å². The summed E-state index contributed by atoms with van der Waals surface area (Å²) in [6.45, 7) is 2.45. The van der Waals surface area contributed by atoms with Crippen LogP contribution in [-0.4, -0.2) is 37.9 Å². The molecule has 0 bridgehead atoms. The minimum atomic E-state index is -0.673. The first-order chi connectivity index (χ1) is 11.5. The van der Waals surface area contributed by atoms with Crippen molar-refractivity contribution in [1.29, 1.82) is 0 Å². The molecule has 2 aromatic rings. The molecule has 2 rings (SSSR count). The molecule has 0 spiro atoms. The summed E-state index contributed by atoms with van der Waals surface area (Å²) < 4.78 is 3.32. The second-order valence-electron chi connectivity index (χ2n) is 5.69. The fraction of sp³-hybridized carbons (Fsp3) is 0.500. The van der Waals surface area contributed by atoms with E-state index in [9.17, 15) is 9.59 Å². The van der Waals surface area contributed by atoms with E-state index in [0.29, 0.717) is 12.4 Å². The summed E-state index contributed by atoms with van der Waals surface area (Å²) in [7, 11) is 3.61. The summed E-state index contributed by atoms with van der Waals surface area (Å²) in [5, 5.41) is 13.5. The first-order valence-electron chi connectivity index (χ1n) is 8.09. The largest absolute Gasteiger partial charge is 0.348 e. The minimum absolute atomic E-state index is 0.470. The molecule has 0 atom stereocenters. The van der Waals surface area contributed by atoms with Crippen molar-refractivity contribution < 1.29 is 9.59 Å². The first-order valence-corrected chi connectivity index (χ1v) is 8.09. The molecule has 2 N–H and O–H groups in total. The normalized spacial score (nSPS) is 10.6. The molecule has 8 nitrogen and oxygen atoms in total. The van der Waals surface area contributed by atoms with Gasteiger partial charge in [-0.2, -0.15) is 10.2 Å². The summed E-state index contributed by atoms with van der Waals surface area (Å²) in [5.74, 6) is -0.785. The Labute approximate surface area is 141 Å². The SMILES string of the molecule is CCc1cc(NC(=O)C(=O)NCCCCc2cnn(C)c2)n(C)n1. The van der Waals surface area contributed by atoms with Crippen LogP contribution < -0.4 is 10.6 Å². The Kier molecular flexibility index (Phi) is 6.11. The van der Waals surface area contributed by atoms with Crippen LogP contribution in [-0.2, 0) is 36.5 Å². The average molecular weight is 332 g/mol. The van der Waals surface area contributed by atoms with E-state index < -0.39 is 11.8 Å². The maximum atomic E-state index is 11.9. The van der Waals surface area contributed by atoms with Gasteiger partial charge in [0.1, 0.15) is 5.82 Å². The van der Waals surface area contributed by atoms with Crippen LogP contribution in [0, 0.1) is 0 Å². The van der Waals surface area contributed by atoms with Gasteiger partial charge < -0.3 is 10.6 Å². The Hall–Kier alpha value is -2.64. The van der Waals surface area contributed by atoms with Gasteiger partial charge in [0.05, 0.1) is 11.9 Å². The van der Waals surface area contributed by atoms with Gasteiger partial charge in [-0.1, -0.05) is 6.92 Å². The second-order valence-corrected chi connectivity index (χ2v) is 5.69. The lowest BCUT2D eigenvalue weighted by Gasteiger charge is -2.06. The van der Waals surface area contributed by atoms with E-state index in [1.165, 1.54) is 5.56 Å². The Morgan fingerprint density at radius 3 is 2.62 bits per heavy atom. The van der Waals surface area contributed by atoms with Crippen LogP contribution in [0.2, 0.25) is 0 Å². The van der Waals surface area contributed by atoms with E-state index in [1.807, 2.05) is 26.4 Å². The van der Waals surface area contributed by atoms with Crippen LogP contribution >= 0.6 is 0 Å². The average Bonchev–Trinajstić information content (AvgIpc) is 3.12. The standard InChI is InChI=1S/C16H24N6O2/c1-4-13-9-14(22(3)20-13)19-16(24)15(23)17-8-6-5-7-12-10-18-21(2)11-12/h9-11H,4-8H2,1-3H3,(H,17,23)(H,19,24). The number of unbranched alkanes of at least 4 members (excludes halogenated alkanes) is 1. The van der Waals surface area contributed by atoms with Gasteiger partial charge >= 0.3 is 11.8 Å². The molecule has 2 amide bonds. The van der Waals surface area contributed by atoms with Crippen molar-refractivity contribution in [2.24, 2.45) is 14.1 Å². The number of anilines is 1. The molecule has 0 saturated heterocycles. The van der Waals surface area contributed by atoms with Crippen molar-refractivity contribution in [2.75, 3.05) is 11.9 Å². The summed E-state index contributed by atoms with van der Waals surface area (Å²) in [4.78, 5) is 23.7. The number of aromatic nitrogens is 4. The summed E-state index contributed by atoms with van der Waals surface area (Å²) >= 11 is 0. The highest BCUT2D eigenvalue weighted by Crippen LogP contribution is 2.09. The van der Waals surface area contributed by atoms with Crippen molar-refractivity contribution in [1.82, 2.24) is 24.9 Å². The van der Waals surface area contributed by atoms with E-state index in [2.05, 4.69) is 20.8 Å². The molecule has 0 saturated carbocycles. The number of hydrogen-bond acceptors (Lipinski definition) is 4. The Morgan fingerprint density at radius 1 is 1.21 bits per heavy atom. The predicted molar refractivity (Wildman–Crippen MR) is 90.4 cm³/mol. The topological polar surface area (TPSA) is 93.8 Å². The van der Waals surface area contributed by atoms with Gasteiger partial charge in [-0.25, -0.2) is 0 Å². The molecule has 0 aromatic carbocycles. The molecule has 2 heterocycles. The van der Waals surface area contributed by atoms with Gasteiger partial charge in [0, 0.05) is 32.9 Å². The molecule has 0 aliphatic rings. The second kappa shape index (κ2) is 8.28.